The van der Waals surface area contributed by atoms with Gasteiger partial charge in [-0.2, -0.15) is 13.2 Å². The number of carbonyl (C=O) groups excluding carboxylic acids is 3. The molecule has 0 aliphatic heterocycles. The number of benzene rings is 3. The molecule has 1 atom stereocenters. The summed E-state index contributed by atoms with van der Waals surface area (Å²) < 4.78 is 89.7. The Balaban J connectivity index is 1.68. The topological polar surface area (TPSA) is 103 Å². The van der Waals surface area contributed by atoms with E-state index in [1.54, 1.807) is 0 Å². The third-order valence-corrected chi connectivity index (χ3v) is 5.46. The minimum atomic E-state index is -4.88. The van der Waals surface area contributed by atoms with Crippen molar-refractivity contribution >= 4 is 17.8 Å². The van der Waals surface area contributed by atoms with E-state index in [-0.39, 0.29) is 36.6 Å². The molecular weight excluding hydrogens is 574 g/mol. The Morgan fingerprint density at radius 2 is 1.33 bits per heavy atom. The smallest absolute Gasteiger partial charge is 0.464 e. The minimum absolute atomic E-state index is 0.0564. The van der Waals surface area contributed by atoms with E-state index in [4.69, 9.17) is 9.47 Å². The van der Waals surface area contributed by atoms with Gasteiger partial charge in [0.2, 0.25) is 5.91 Å². The summed E-state index contributed by atoms with van der Waals surface area (Å²) in [7, 11) is 0. The van der Waals surface area contributed by atoms with Gasteiger partial charge in [0.1, 0.15) is 29.9 Å². The van der Waals surface area contributed by atoms with E-state index in [0.717, 1.165) is 36.4 Å². The zero-order chi connectivity index (χ0) is 30.9. The maximum Gasteiger partial charge on any atom is 0.573 e. The molecule has 2 amide bonds. The number of ether oxygens (including phenoxy) is 3. The van der Waals surface area contributed by atoms with Crippen molar-refractivity contribution < 1.29 is 54.9 Å². The average Bonchev–Trinajstić information content (AvgIpc) is 2.91. The Labute approximate surface area is 235 Å². The largest absolute Gasteiger partial charge is 0.573 e. The highest BCUT2D eigenvalue weighted by molar-refractivity contribution is 5.97. The van der Waals surface area contributed by atoms with Gasteiger partial charge in [0.25, 0.3) is 5.91 Å². The molecule has 8 nitrogen and oxygen atoms in total. The number of nitrogens with one attached hydrogen (secondary N) is 2. The number of hydrogen-bond acceptors (Lipinski definition) is 6. The molecule has 0 aliphatic carbocycles. The molecule has 0 saturated heterocycles. The second-order valence-corrected chi connectivity index (χ2v) is 8.70. The lowest BCUT2D eigenvalue weighted by molar-refractivity contribution is -0.274. The van der Waals surface area contributed by atoms with E-state index in [1.165, 1.54) is 43.3 Å². The number of hydrogen-bond donors (Lipinski definition) is 2. The van der Waals surface area contributed by atoms with E-state index in [0.29, 0.717) is 5.56 Å². The van der Waals surface area contributed by atoms with E-state index >= 15 is 0 Å². The van der Waals surface area contributed by atoms with Gasteiger partial charge in [-0.15, -0.1) is 13.2 Å². The summed E-state index contributed by atoms with van der Waals surface area (Å²) in [5.74, 6) is -1.97. The van der Waals surface area contributed by atoms with Gasteiger partial charge in [-0.05, 0) is 66.2 Å². The van der Waals surface area contributed by atoms with Gasteiger partial charge < -0.3 is 24.8 Å². The quantitative estimate of drug-likeness (QED) is 0.174. The fourth-order valence-electron chi connectivity index (χ4n) is 3.53. The lowest BCUT2D eigenvalue weighted by Crippen LogP contribution is -2.48. The van der Waals surface area contributed by atoms with Crippen molar-refractivity contribution in [1.29, 1.82) is 0 Å². The summed E-state index contributed by atoms with van der Waals surface area (Å²) >= 11 is 0. The van der Waals surface area contributed by atoms with Crippen molar-refractivity contribution in [3.8, 4) is 17.2 Å². The number of halogens is 6. The molecule has 224 valence electrons. The second kappa shape index (κ2) is 13.7. The van der Waals surface area contributed by atoms with Crippen LogP contribution in [0.4, 0.5) is 26.3 Å². The standard InChI is InChI=1S/C28H24F6N2O6/c1-17(37)40-15-14-35-26(39)24(16-18-2-8-23(9-3-18)42-28(32,33)34)36-25(38)19-4-10-21(11-5-19)41-22-12-6-20(7-13-22)27(29,30)31/h2-13,24H,14-16H2,1H3,(H,35,39)(H,36,38)/t24-/m0/s1. The van der Waals surface area contributed by atoms with Crippen LogP contribution >= 0.6 is 0 Å². The van der Waals surface area contributed by atoms with Crippen LogP contribution in [0.3, 0.4) is 0 Å². The van der Waals surface area contributed by atoms with Gasteiger partial charge in [-0.1, -0.05) is 12.1 Å². The van der Waals surface area contributed by atoms with Crippen molar-refractivity contribution in [3.63, 3.8) is 0 Å². The average molecular weight is 598 g/mol. The van der Waals surface area contributed by atoms with Crippen LogP contribution < -0.4 is 20.1 Å². The maximum absolute atomic E-state index is 12.9. The first-order valence-corrected chi connectivity index (χ1v) is 12.2. The Kier molecular flexibility index (Phi) is 10.4. The van der Waals surface area contributed by atoms with Crippen LogP contribution in [0.25, 0.3) is 0 Å². The number of esters is 1. The van der Waals surface area contributed by atoms with Gasteiger partial charge in [0.15, 0.2) is 0 Å². The summed E-state index contributed by atoms with van der Waals surface area (Å²) in [5.41, 5.74) is -0.316. The summed E-state index contributed by atoms with van der Waals surface area (Å²) in [5, 5.41) is 5.07. The molecule has 0 aromatic heterocycles. The Morgan fingerprint density at radius 3 is 1.86 bits per heavy atom. The molecule has 0 heterocycles. The molecule has 0 saturated carbocycles. The van der Waals surface area contributed by atoms with Crippen molar-refractivity contribution in [3.05, 3.63) is 89.5 Å². The molecule has 42 heavy (non-hydrogen) atoms. The van der Waals surface area contributed by atoms with Gasteiger partial charge in [0, 0.05) is 18.9 Å². The van der Waals surface area contributed by atoms with E-state index in [1.807, 2.05) is 0 Å². The summed E-state index contributed by atoms with van der Waals surface area (Å²) in [6.07, 6.45) is -9.47. The number of rotatable bonds is 11. The molecule has 0 aliphatic rings. The third-order valence-electron chi connectivity index (χ3n) is 5.46. The SMILES string of the molecule is CC(=O)OCCNC(=O)[C@H](Cc1ccc(OC(F)(F)F)cc1)NC(=O)c1ccc(Oc2ccc(C(F)(F)F)cc2)cc1. The monoisotopic (exact) mass is 598 g/mol. The third kappa shape index (κ3) is 10.3. The van der Waals surface area contributed by atoms with E-state index in [2.05, 4.69) is 15.4 Å². The molecule has 0 radical (unpaired) electrons. The van der Waals surface area contributed by atoms with Gasteiger partial charge in [-0.3, -0.25) is 14.4 Å². The Morgan fingerprint density at radius 1 is 0.786 bits per heavy atom. The zero-order valence-electron chi connectivity index (χ0n) is 21.8. The molecule has 3 rings (SSSR count). The minimum Gasteiger partial charge on any atom is -0.464 e. The van der Waals surface area contributed by atoms with Gasteiger partial charge in [-0.25, -0.2) is 0 Å². The Bertz CT molecular complexity index is 1360. The highest BCUT2D eigenvalue weighted by atomic mass is 19.4. The summed E-state index contributed by atoms with van der Waals surface area (Å²) in [6, 6.07) is 13.1. The highest BCUT2D eigenvalue weighted by Gasteiger charge is 2.31. The van der Waals surface area contributed by atoms with Crippen LogP contribution in [-0.2, 0) is 26.9 Å². The molecule has 3 aromatic rings. The summed E-state index contributed by atoms with van der Waals surface area (Å²) in [4.78, 5) is 36.7. The lowest BCUT2D eigenvalue weighted by Gasteiger charge is -2.19. The molecule has 0 spiro atoms. The van der Waals surface area contributed by atoms with Crippen LogP contribution in [0.1, 0.15) is 28.4 Å². The predicted octanol–water partition coefficient (Wildman–Crippen LogP) is 5.42. The second-order valence-electron chi connectivity index (χ2n) is 8.70. The van der Waals surface area contributed by atoms with Gasteiger partial charge >= 0.3 is 18.5 Å². The maximum atomic E-state index is 12.9. The molecule has 0 unspecified atom stereocenters. The van der Waals surface area contributed by atoms with Crippen molar-refractivity contribution in [2.75, 3.05) is 13.2 Å². The van der Waals surface area contributed by atoms with Crippen LogP contribution in [0, 0.1) is 0 Å². The first-order valence-electron chi connectivity index (χ1n) is 12.2. The molecule has 3 aromatic carbocycles. The fraction of sp³-hybridized carbons (Fsp3) is 0.250. The first kappa shape index (κ1) is 31.8. The van der Waals surface area contributed by atoms with Crippen molar-refractivity contribution in [2.24, 2.45) is 0 Å². The van der Waals surface area contributed by atoms with Crippen molar-refractivity contribution in [1.82, 2.24) is 10.6 Å². The van der Waals surface area contributed by atoms with Crippen LogP contribution in [-0.4, -0.2) is 43.3 Å². The van der Waals surface area contributed by atoms with Crippen LogP contribution in [0.15, 0.2) is 72.8 Å². The van der Waals surface area contributed by atoms with E-state index < -0.39 is 47.7 Å². The van der Waals surface area contributed by atoms with Crippen molar-refractivity contribution in [2.45, 2.75) is 31.9 Å². The van der Waals surface area contributed by atoms with Crippen LogP contribution in [0.5, 0.6) is 17.2 Å². The number of carbonyl (C=O) groups is 3. The molecule has 0 fully saturated rings. The molecular formula is C28H24F6N2O6. The molecule has 0 bridgehead atoms. The highest BCUT2D eigenvalue weighted by Crippen LogP contribution is 2.31. The molecule has 2 N–H and O–H groups in total. The number of alkyl halides is 6. The zero-order valence-corrected chi connectivity index (χ0v) is 21.8. The fourth-order valence-corrected chi connectivity index (χ4v) is 3.53. The van der Waals surface area contributed by atoms with Gasteiger partial charge in [0.05, 0.1) is 12.1 Å². The first-order chi connectivity index (χ1) is 19.7. The predicted molar refractivity (Wildman–Crippen MR) is 136 cm³/mol. The lowest BCUT2D eigenvalue weighted by atomic mass is 10.0. The molecule has 14 heteroatoms. The van der Waals surface area contributed by atoms with E-state index in [9.17, 15) is 40.7 Å². The normalized spacial score (nSPS) is 12.2. The summed E-state index contributed by atoms with van der Waals surface area (Å²) in [6.45, 7) is 1.02. The Hall–Kier alpha value is -4.75. The number of amides is 2. The van der Waals surface area contributed by atoms with Crippen LogP contribution in [0.2, 0.25) is 0 Å².